The Morgan fingerprint density at radius 1 is 1.31 bits per heavy atom. The zero-order chi connectivity index (χ0) is 18.0. The Bertz CT molecular complexity index is 840. The van der Waals surface area contributed by atoms with Gasteiger partial charge < -0.3 is 10.6 Å². The number of thiazole rings is 1. The lowest BCUT2D eigenvalue weighted by molar-refractivity contribution is -0.123. The largest absolute Gasteiger partial charge is 0.355 e. The van der Waals surface area contributed by atoms with Crippen molar-refractivity contribution >= 4 is 33.4 Å². The van der Waals surface area contributed by atoms with Gasteiger partial charge in [0.15, 0.2) is 0 Å². The fraction of sp³-hybridized carbons (Fsp3) is 0.450. The first-order valence-electron chi connectivity index (χ1n) is 9.26. The molecule has 1 aromatic carbocycles. The fourth-order valence-electron chi connectivity index (χ4n) is 3.92. The minimum Gasteiger partial charge on any atom is -0.355 e. The molecule has 2 aliphatic rings. The molecule has 2 heterocycles. The van der Waals surface area contributed by atoms with E-state index in [9.17, 15) is 9.59 Å². The summed E-state index contributed by atoms with van der Waals surface area (Å²) < 4.78 is 1.16. The zero-order valence-electron chi connectivity index (χ0n) is 14.7. The molecule has 1 aromatic heterocycles. The van der Waals surface area contributed by atoms with Crippen molar-refractivity contribution in [1.82, 2.24) is 15.6 Å². The first-order valence-corrected chi connectivity index (χ1v) is 10.1. The number of carbonyl (C=O) groups excluding carboxylic acids is 2. The molecule has 0 spiro atoms. The molecule has 1 aliphatic carbocycles. The van der Waals surface area contributed by atoms with Crippen molar-refractivity contribution in [1.29, 1.82) is 0 Å². The molecular weight excluding hydrogens is 346 g/mol. The number of amides is 2. The zero-order valence-corrected chi connectivity index (χ0v) is 15.5. The van der Waals surface area contributed by atoms with Crippen LogP contribution in [0.15, 0.2) is 36.0 Å². The lowest BCUT2D eigenvalue weighted by Crippen LogP contribution is -2.48. The van der Waals surface area contributed by atoms with Gasteiger partial charge in [0, 0.05) is 36.9 Å². The van der Waals surface area contributed by atoms with Crippen LogP contribution < -0.4 is 10.6 Å². The second-order valence-corrected chi connectivity index (χ2v) is 8.31. The Hall–Kier alpha value is -2.21. The van der Waals surface area contributed by atoms with Gasteiger partial charge in [0.2, 0.25) is 11.8 Å². The van der Waals surface area contributed by atoms with Crippen molar-refractivity contribution in [3.05, 3.63) is 41.0 Å². The summed E-state index contributed by atoms with van der Waals surface area (Å²) in [6, 6.07) is 8.05. The van der Waals surface area contributed by atoms with Gasteiger partial charge in [0.1, 0.15) is 0 Å². The van der Waals surface area contributed by atoms with E-state index in [0.717, 1.165) is 46.6 Å². The van der Waals surface area contributed by atoms with Crippen molar-refractivity contribution in [2.75, 3.05) is 6.54 Å². The predicted molar refractivity (Wildman–Crippen MR) is 103 cm³/mol. The number of piperidine rings is 1. The van der Waals surface area contributed by atoms with Crippen molar-refractivity contribution in [2.45, 2.75) is 44.9 Å². The maximum absolute atomic E-state index is 12.4. The van der Waals surface area contributed by atoms with E-state index in [1.165, 1.54) is 0 Å². The molecule has 2 aromatic rings. The topological polar surface area (TPSA) is 71.1 Å². The van der Waals surface area contributed by atoms with E-state index in [0.29, 0.717) is 25.8 Å². The third-order valence-corrected chi connectivity index (χ3v) is 6.51. The maximum atomic E-state index is 12.4. The van der Waals surface area contributed by atoms with Crippen LogP contribution in [-0.4, -0.2) is 23.3 Å². The van der Waals surface area contributed by atoms with E-state index in [1.807, 2.05) is 18.2 Å². The molecular formula is C20H23N3O2S. The van der Waals surface area contributed by atoms with Gasteiger partial charge in [-0.1, -0.05) is 18.2 Å². The molecule has 5 nitrogen and oxygen atoms in total. The van der Waals surface area contributed by atoms with Crippen molar-refractivity contribution in [2.24, 2.45) is 5.41 Å². The molecule has 0 saturated carbocycles. The monoisotopic (exact) mass is 369 g/mol. The highest BCUT2D eigenvalue weighted by Crippen LogP contribution is 2.42. The highest BCUT2D eigenvalue weighted by Gasteiger charge is 2.40. The smallest absolute Gasteiger partial charge is 0.224 e. The number of fused-ring (bicyclic) bond motifs is 2. The van der Waals surface area contributed by atoms with E-state index >= 15 is 0 Å². The number of hydrogen-bond donors (Lipinski definition) is 2. The molecule has 1 fully saturated rings. The number of carbonyl (C=O) groups is 2. The maximum Gasteiger partial charge on any atom is 0.224 e. The molecule has 2 N–H and O–H groups in total. The predicted octanol–water partition coefficient (Wildman–Crippen LogP) is 3.31. The number of aryl methyl sites for hydroxylation is 1. The number of nitrogens with one attached hydrogen (secondary N) is 2. The number of hydrogen-bond acceptors (Lipinski definition) is 4. The molecule has 2 amide bonds. The fourth-order valence-corrected chi connectivity index (χ4v) is 4.89. The van der Waals surface area contributed by atoms with Gasteiger partial charge in [-0.25, -0.2) is 4.98 Å². The van der Waals surface area contributed by atoms with Gasteiger partial charge in [0.05, 0.1) is 15.2 Å². The summed E-state index contributed by atoms with van der Waals surface area (Å²) >= 11 is 1.65. The minimum absolute atomic E-state index is 0.0560. The Balaban J connectivity index is 1.34. The summed E-state index contributed by atoms with van der Waals surface area (Å²) in [6.07, 6.45) is 7.75. The molecule has 26 heavy (non-hydrogen) atoms. The normalized spacial score (nSPS) is 22.5. The van der Waals surface area contributed by atoms with Gasteiger partial charge in [-0.05, 0) is 37.8 Å². The Morgan fingerprint density at radius 2 is 2.19 bits per heavy atom. The SMILES string of the molecule is O=C(CCc1nc2ccccc2s1)NCC12CCCC=C1NC(=O)CC2. The molecule has 6 heteroatoms. The average Bonchev–Trinajstić information content (AvgIpc) is 3.08. The summed E-state index contributed by atoms with van der Waals surface area (Å²) in [6.45, 7) is 0.609. The molecule has 1 aliphatic heterocycles. The van der Waals surface area contributed by atoms with E-state index in [4.69, 9.17) is 0 Å². The van der Waals surface area contributed by atoms with Crippen molar-refractivity contribution < 1.29 is 9.59 Å². The number of nitrogens with zero attached hydrogens (tertiary/aromatic N) is 1. The van der Waals surface area contributed by atoms with E-state index in [1.54, 1.807) is 11.3 Å². The summed E-state index contributed by atoms with van der Waals surface area (Å²) in [5.41, 5.74) is 1.94. The number of allylic oxidation sites excluding steroid dienone is 1. The van der Waals surface area contributed by atoms with E-state index < -0.39 is 0 Å². The molecule has 0 radical (unpaired) electrons. The Kier molecular flexibility index (Phi) is 4.76. The second-order valence-electron chi connectivity index (χ2n) is 7.19. The van der Waals surface area contributed by atoms with Gasteiger partial charge in [-0.2, -0.15) is 0 Å². The summed E-state index contributed by atoms with van der Waals surface area (Å²) in [5, 5.41) is 7.13. The lowest BCUT2D eigenvalue weighted by Gasteiger charge is -2.42. The van der Waals surface area contributed by atoms with Crippen LogP contribution in [0.25, 0.3) is 10.2 Å². The number of benzene rings is 1. The van der Waals surface area contributed by atoms with Gasteiger partial charge in [0.25, 0.3) is 0 Å². The Morgan fingerprint density at radius 3 is 3.08 bits per heavy atom. The first kappa shape index (κ1) is 17.2. The number of aromatic nitrogens is 1. The Labute approximate surface area is 156 Å². The van der Waals surface area contributed by atoms with Crippen LogP contribution >= 0.6 is 11.3 Å². The van der Waals surface area contributed by atoms with Crippen molar-refractivity contribution in [3.63, 3.8) is 0 Å². The summed E-state index contributed by atoms with van der Waals surface area (Å²) in [7, 11) is 0. The quantitative estimate of drug-likeness (QED) is 0.849. The molecule has 1 unspecified atom stereocenters. The van der Waals surface area contributed by atoms with Crippen LogP contribution in [0, 0.1) is 5.41 Å². The third-order valence-electron chi connectivity index (χ3n) is 5.41. The van der Waals surface area contributed by atoms with Crippen LogP contribution in [0.4, 0.5) is 0 Å². The summed E-state index contributed by atoms with van der Waals surface area (Å²) in [5.74, 6) is 0.149. The highest BCUT2D eigenvalue weighted by atomic mass is 32.1. The molecule has 1 atom stereocenters. The van der Waals surface area contributed by atoms with Crippen LogP contribution in [0.5, 0.6) is 0 Å². The number of para-hydroxylation sites is 1. The lowest BCUT2D eigenvalue weighted by atomic mass is 9.70. The van der Waals surface area contributed by atoms with Gasteiger partial charge in [-0.3, -0.25) is 9.59 Å². The summed E-state index contributed by atoms with van der Waals surface area (Å²) in [4.78, 5) is 28.6. The third kappa shape index (κ3) is 3.51. The van der Waals surface area contributed by atoms with Crippen molar-refractivity contribution in [3.8, 4) is 0 Å². The van der Waals surface area contributed by atoms with Crippen LogP contribution in [0.3, 0.4) is 0 Å². The van der Waals surface area contributed by atoms with E-state index in [2.05, 4.69) is 27.8 Å². The first-order chi connectivity index (χ1) is 12.6. The van der Waals surface area contributed by atoms with Crippen LogP contribution in [0.1, 0.15) is 43.5 Å². The molecule has 4 rings (SSSR count). The standard InChI is InChI=1S/C20H23N3O2S/c24-17(8-9-19-22-14-5-1-2-6-15(14)26-19)21-13-20-11-4-3-7-16(20)23-18(25)10-12-20/h1-2,5-7H,3-4,8-13H2,(H,21,24)(H,23,25). The van der Waals surface area contributed by atoms with Crippen LogP contribution in [-0.2, 0) is 16.0 Å². The molecule has 0 bridgehead atoms. The van der Waals surface area contributed by atoms with Gasteiger partial charge >= 0.3 is 0 Å². The highest BCUT2D eigenvalue weighted by molar-refractivity contribution is 7.18. The van der Waals surface area contributed by atoms with Gasteiger partial charge in [-0.15, -0.1) is 11.3 Å². The van der Waals surface area contributed by atoms with Crippen LogP contribution in [0.2, 0.25) is 0 Å². The second kappa shape index (κ2) is 7.19. The molecule has 1 saturated heterocycles. The molecule has 136 valence electrons. The minimum atomic E-state index is -0.0856. The number of rotatable bonds is 5. The average molecular weight is 369 g/mol. The van der Waals surface area contributed by atoms with E-state index in [-0.39, 0.29) is 17.2 Å².